The van der Waals surface area contributed by atoms with Crippen LogP contribution in [0.2, 0.25) is 10.0 Å². The van der Waals surface area contributed by atoms with Gasteiger partial charge in [0.05, 0.1) is 15.5 Å². The third-order valence-corrected chi connectivity index (χ3v) is 3.13. The van der Waals surface area contributed by atoms with Crippen LogP contribution in [0.1, 0.15) is 5.56 Å². The van der Waals surface area contributed by atoms with Gasteiger partial charge in [0.2, 0.25) is 5.75 Å². The number of nitro benzene ring substituents is 1. The van der Waals surface area contributed by atoms with Gasteiger partial charge in [0.15, 0.2) is 0 Å². The number of hydrogen-bond donors (Lipinski definition) is 0. The Labute approximate surface area is 132 Å². The monoisotopic (exact) mass is 351 g/mol. The number of rotatable bonds is 3. The van der Waals surface area contributed by atoms with Crippen molar-refractivity contribution < 1.29 is 22.8 Å². The lowest BCUT2D eigenvalue weighted by Crippen LogP contribution is -2.06. The molecule has 0 saturated carbocycles. The number of halogens is 5. The standard InChI is InChI=1S/C13H6Cl2F3NO3/c14-8-2-4-11(9(15)6-8)22-12-3-1-7(13(16,17)18)5-10(12)19(20)21/h1-6H. The highest BCUT2D eigenvalue weighted by Gasteiger charge is 2.33. The molecule has 2 rings (SSSR count). The molecule has 0 aliphatic carbocycles. The van der Waals surface area contributed by atoms with Crippen LogP contribution >= 0.6 is 23.2 Å². The van der Waals surface area contributed by atoms with Gasteiger partial charge in [0.1, 0.15) is 5.75 Å². The van der Waals surface area contributed by atoms with Gasteiger partial charge in [-0.05, 0) is 30.3 Å². The minimum absolute atomic E-state index is 0.0360. The van der Waals surface area contributed by atoms with E-state index in [2.05, 4.69) is 0 Å². The molecule has 9 heteroatoms. The van der Waals surface area contributed by atoms with Crippen LogP contribution in [0.15, 0.2) is 36.4 Å². The molecule has 0 aromatic heterocycles. The molecular weight excluding hydrogens is 346 g/mol. The van der Waals surface area contributed by atoms with Crippen molar-refractivity contribution in [2.75, 3.05) is 0 Å². The van der Waals surface area contributed by atoms with Gasteiger partial charge in [-0.2, -0.15) is 13.2 Å². The quantitative estimate of drug-likeness (QED) is 0.525. The van der Waals surface area contributed by atoms with E-state index in [-0.39, 0.29) is 16.5 Å². The number of ether oxygens (including phenoxy) is 1. The Morgan fingerprint density at radius 1 is 1.05 bits per heavy atom. The molecule has 4 nitrogen and oxygen atoms in total. The Hall–Kier alpha value is -1.99. The molecule has 0 saturated heterocycles. The fourth-order valence-electron chi connectivity index (χ4n) is 1.60. The average molecular weight is 352 g/mol. The second-order valence-corrected chi connectivity index (χ2v) is 4.96. The third-order valence-electron chi connectivity index (χ3n) is 2.60. The summed E-state index contributed by atoms with van der Waals surface area (Å²) in [7, 11) is 0. The Balaban J connectivity index is 2.44. The van der Waals surface area contributed by atoms with Crippen molar-refractivity contribution in [1.82, 2.24) is 0 Å². The maximum atomic E-state index is 12.6. The summed E-state index contributed by atoms with van der Waals surface area (Å²) in [6.45, 7) is 0. The second kappa shape index (κ2) is 6.02. The summed E-state index contributed by atoms with van der Waals surface area (Å²) in [5, 5.41) is 11.3. The third kappa shape index (κ3) is 3.61. The second-order valence-electron chi connectivity index (χ2n) is 4.11. The maximum absolute atomic E-state index is 12.6. The molecule has 0 aliphatic rings. The van der Waals surface area contributed by atoms with Crippen molar-refractivity contribution in [3.63, 3.8) is 0 Å². The van der Waals surface area contributed by atoms with Crippen LogP contribution in [-0.4, -0.2) is 4.92 Å². The summed E-state index contributed by atoms with van der Waals surface area (Å²) < 4.78 is 43.0. The number of nitrogens with zero attached hydrogens (tertiary/aromatic N) is 1. The Morgan fingerprint density at radius 2 is 1.68 bits per heavy atom. The molecule has 0 bridgehead atoms. The zero-order valence-corrected chi connectivity index (χ0v) is 12.0. The zero-order chi connectivity index (χ0) is 16.5. The first-order valence-corrected chi connectivity index (χ1v) is 6.42. The SMILES string of the molecule is O=[N+]([O-])c1cc(C(F)(F)F)ccc1Oc1ccc(Cl)cc1Cl. The Bertz CT molecular complexity index is 735. The highest BCUT2D eigenvalue weighted by atomic mass is 35.5. The average Bonchev–Trinajstić information content (AvgIpc) is 2.40. The fraction of sp³-hybridized carbons (Fsp3) is 0.0769. The molecule has 2 aromatic rings. The highest BCUT2D eigenvalue weighted by molar-refractivity contribution is 6.35. The topological polar surface area (TPSA) is 52.4 Å². The van der Waals surface area contributed by atoms with Crippen LogP contribution in [-0.2, 0) is 6.18 Å². The molecule has 0 radical (unpaired) electrons. The molecule has 116 valence electrons. The first kappa shape index (κ1) is 16.4. The van der Waals surface area contributed by atoms with E-state index in [1.54, 1.807) is 0 Å². The summed E-state index contributed by atoms with van der Waals surface area (Å²) in [5.74, 6) is -0.323. The molecular formula is C13H6Cl2F3NO3. The van der Waals surface area contributed by atoms with E-state index in [4.69, 9.17) is 27.9 Å². The lowest BCUT2D eigenvalue weighted by molar-refractivity contribution is -0.385. The van der Waals surface area contributed by atoms with Crippen LogP contribution in [0.5, 0.6) is 11.5 Å². The maximum Gasteiger partial charge on any atom is 0.416 e. The Kier molecular flexibility index (Phi) is 4.48. The Morgan fingerprint density at radius 3 is 2.23 bits per heavy atom. The van der Waals surface area contributed by atoms with E-state index in [1.807, 2.05) is 0 Å². The molecule has 2 aromatic carbocycles. The van der Waals surface area contributed by atoms with Gasteiger partial charge in [-0.25, -0.2) is 0 Å². The van der Waals surface area contributed by atoms with Crippen LogP contribution in [0.3, 0.4) is 0 Å². The van der Waals surface area contributed by atoms with Crippen molar-refractivity contribution >= 4 is 28.9 Å². The number of hydrogen-bond acceptors (Lipinski definition) is 3. The first-order chi connectivity index (χ1) is 10.2. The highest BCUT2D eigenvalue weighted by Crippen LogP contribution is 2.39. The first-order valence-electron chi connectivity index (χ1n) is 5.67. The minimum Gasteiger partial charge on any atom is -0.449 e. The molecule has 0 heterocycles. The predicted molar refractivity (Wildman–Crippen MR) is 74.6 cm³/mol. The van der Waals surface area contributed by atoms with Crippen molar-refractivity contribution in [1.29, 1.82) is 0 Å². The van der Waals surface area contributed by atoms with Gasteiger partial charge in [-0.1, -0.05) is 23.2 Å². The van der Waals surface area contributed by atoms with Crippen molar-refractivity contribution in [2.24, 2.45) is 0 Å². The predicted octanol–water partition coefficient (Wildman–Crippen LogP) is 5.71. The van der Waals surface area contributed by atoms with E-state index >= 15 is 0 Å². The lowest BCUT2D eigenvalue weighted by atomic mass is 10.2. The van der Waals surface area contributed by atoms with E-state index in [0.29, 0.717) is 17.2 Å². The molecule has 0 N–H and O–H groups in total. The van der Waals surface area contributed by atoms with Crippen LogP contribution in [0, 0.1) is 10.1 Å². The summed E-state index contributed by atoms with van der Waals surface area (Å²) in [6, 6.07) is 6.08. The lowest BCUT2D eigenvalue weighted by Gasteiger charge is -2.11. The van der Waals surface area contributed by atoms with E-state index in [1.165, 1.54) is 18.2 Å². The smallest absolute Gasteiger partial charge is 0.416 e. The molecule has 0 fully saturated rings. The largest absolute Gasteiger partial charge is 0.449 e. The van der Waals surface area contributed by atoms with Gasteiger partial charge in [0.25, 0.3) is 0 Å². The molecule has 0 spiro atoms. The van der Waals surface area contributed by atoms with Gasteiger partial charge in [-0.3, -0.25) is 10.1 Å². The van der Waals surface area contributed by atoms with Crippen LogP contribution in [0.4, 0.5) is 18.9 Å². The van der Waals surface area contributed by atoms with Crippen LogP contribution < -0.4 is 4.74 Å². The van der Waals surface area contributed by atoms with Gasteiger partial charge in [0, 0.05) is 11.1 Å². The fourth-order valence-corrected chi connectivity index (χ4v) is 2.05. The molecule has 22 heavy (non-hydrogen) atoms. The van der Waals surface area contributed by atoms with Crippen LogP contribution in [0.25, 0.3) is 0 Å². The zero-order valence-electron chi connectivity index (χ0n) is 10.5. The summed E-state index contributed by atoms with van der Waals surface area (Å²) in [4.78, 5) is 9.97. The molecule has 0 aliphatic heterocycles. The van der Waals surface area contributed by atoms with Gasteiger partial charge in [-0.15, -0.1) is 0 Å². The van der Waals surface area contributed by atoms with Gasteiger partial charge >= 0.3 is 11.9 Å². The van der Waals surface area contributed by atoms with E-state index in [0.717, 1.165) is 6.07 Å². The van der Waals surface area contributed by atoms with Crippen molar-refractivity contribution in [3.05, 3.63) is 62.1 Å². The number of benzene rings is 2. The number of nitro groups is 1. The minimum atomic E-state index is -4.69. The van der Waals surface area contributed by atoms with Crippen molar-refractivity contribution in [3.8, 4) is 11.5 Å². The number of alkyl halides is 3. The normalized spacial score (nSPS) is 11.3. The molecule has 0 atom stereocenters. The van der Waals surface area contributed by atoms with E-state index in [9.17, 15) is 23.3 Å². The summed E-state index contributed by atoms with van der Waals surface area (Å²) >= 11 is 11.6. The summed E-state index contributed by atoms with van der Waals surface area (Å²) in [5.41, 5.74) is -1.96. The summed E-state index contributed by atoms with van der Waals surface area (Å²) in [6.07, 6.45) is -4.69. The van der Waals surface area contributed by atoms with Gasteiger partial charge < -0.3 is 4.74 Å². The van der Waals surface area contributed by atoms with Crippen molar-refractivity contribution in [2.45, 2.75) is 6.18 Å². The molecule has 0 amide bonds. The van der Waals surface area contributed by atoms with E-state index < -0.39 is 22.4 Å². The molecule has 0 unspecified atom stereocenters.